The third-order valence-corrected chi connectivity index (χ3v) is 3.07. The number of benzene rings is 2. The molecule has 1 heterocycles. The van der Waals surface area contributed by atoms with Crippen LogP contribution in [0.1, 0.15) is 10.4 Å². The summed E-state index contributed by atoms with van der Waals surface area (Å²) in [5.74, 6) is -2.33. The Morgan fingerprint density at radius 2 is 2.00 bits per heavy atom. The number of aromatic amines is 1. The Morgan fingerprint density at radius 1 is 1.19 bits per heavy atom. The third-order valence-electron chi connectivity index (χ3n) is 2.89. The minimum atomic E-state index is -0.918. The molecule has 0 aliphatic heterocycles. The Morgan fingerprint density at radius 3 is 2.76 bits per heavy atom. The van der Waals surface area contributed by atoms with Gasteiger partial charge in [0, 0.05) is 11.8 Å². The molecule has 2 N–H and O–H groups in total. The molecule has 0 saturated heterocycles. The molecule has 0 bridgehead atoms. The lowest BCUT2D eigenvalue weighted by atomic mass is 10.2. The Balaban J connectivity index is 1.88. The van der Waals surface area contributed by atoms with Crippen molar-refractivity contribution in [2.75, 3.05) is 5.32 Å². The molecule has 1 aromatic heterocycles. The number of nitrogens with one attached hydrogen (secondary N) is 2. The molecule has 0 fully saturated rings. The highest BCUT2D eigenvalue weighted by molar-refractivity contribution is 6.29. The molecule has 7 heteroatoms. The van der Waals surface area contributed by atoms with Crippen molar-refractivity contribution in [2.45, 2.75) is 0 Å². The summed E-state index contributed by atoms with van der Waals surface area (Å²) in [5, 5.41) is 2.76. The van der Waals surface area contributed by atoms with Gasteiger partial charge in [-0.05, 0) is 41.9 Å². The number of rotatable bonds is 2. The molecular weight excluding hydrogens is 300 g/mol. The van der Waals surface area contributed by atoms with Crippen molar-refractivity contribution in [3.8, 4) is 0 Å². The van der Waals surface area contributed by atoms with Gasteiger partial charge in [-0.2, -0.15) is 0 Å². The second kappa shape index (κ2) is 5.14. The number of nitrogens with zero attached hydrogens (tertiary/aromatic N) is 1. The van der Waals surface area contributed by atoms with Gasteiger partial charge in [0.1, 0.15) is 11.6 Å². The topological polar surface area (TPSA) is 57.8 Å². The van der Waals surface area contributed by atoms with Gasteiger partial charge in [-0.15, -0.1) is 0 Å². The van der Waals surface area contributed by atoms with Gasteiger partial charge in [-0.3, -0.25) is 4.79 Å². The predicted octanol–water partition coefficient (Wildman–Crippen LogP) is 3.75. The van der Waals surface area contributed by atoms with Crippen LogP contribution >= 0.6 is 11.6 Å². The Kier molecular flexibility index (Phi) is 3.31. The number of imidazole rings is 1. The number of carbonyl (C=O) groups is 1. The molecule has 3 aromatic rings. The summed E-state index contributed by atoms with van der Waals surface area (Å²) in [6, 6.07) is 7.66. The van der Waals surface area contributed by atoms with Crippen LogP contribution in [0.15, 0.2) is 36.4 Å². The molecular formula is C14H8ClF2N3O. The van der Waals surface area contributed by atoms with E-state index in [4.69, 9.17) is 11.6 Å². The molecule has 0 aliphatic carbocycles. The van der Waals surface area contributed by atoms with Gasteiger partial charge in [-0.1, -0.05) is 0 Å². The highest BCUT2D eigenvalue weighted by Gasteiger charge is 2.13. The van der Waals surface area contributed by atoms with Crippen LogP contribution in [0, 0.1) is 11.6 Å². The number of fused-ring (bicyclic) bond motifs is 1. The van der Waals surface area contributed by atoms with Crippen molar-refractivity contribution in [2.24, 2.45) is 0 Å². The van der Waals surface area contributed by atoms with Crippen LogP contribution in [-0.4, -0.2) is 15.9 Å². The summed E-state index contributed by atoms with van der Waals surface area (Å²) in [5.41, 5.74) is 1.49. The first-order chi connectivity index (χ1) is 10.0. The van der Waals surface area contributed by atoms with Crippen molar-refractivity contribution in [1.29, 1.82) is 0 Å². The molecule has 21 heavy (non-hydrogen) atoms. The maximum atomic E-state index is 13.5. The van der Waals surface area contributed by atoms with Crippen molar-refractivity contribution >= 4 is 34.2 Å². The van der Waals surface area contributed by atoms with Crippen LogP contribution in [0.2, 0.25) is 5.28 Å². The first-order valence-corrected chi connectivity index (χ1v) is 6.32. The summed E-state index contributed by atoms with van der Waals surface area (Å²) in [6.45, 7) is 0. The van der Waals surface area contributed by atoms with E-state index in [1.807, 2.05) is 0 Å². The van der Waals surface area contributed by atoms with E-state index >= 15 is 0 Å². The van der Waals surface area contributed by atoms with E-state index in [1.54, 1.807) is 18.2 Å². The quantitative estimate of drug-likeness (QED) is 0.757. The number of aromatic nitrogens is 2. The van der Waals surface area contributed by atoms with Crippen LogP contribution in [0.25, 0.3) is 11.0 Å². The summed E-state index contributed by atoms with van der Waals surface area (Å²) >= 11 is 5.73. The fourth-order valence-electron chi connectivity index (χ4n) is 1.93. The first-order valence-electron chi connectivity index (χ1n) is 5.94. The zero-order valence-corrected chi connectivity index (χ0v) is 11.2. The summed E-state index contributed by atoms with van der Waals surface area (Å²) in [6.07, 6.45) is 0. The van der Waals surface area contributed by atoms with Crippen molar-refractivity contribution in [1.82, 2.24) is 9.97 Å². The summed E-state index contributed by atoms with van der Waals surface area (Å²) in [7, 11) is 0. The van der Waals surface area contributed by atoms with E-state index < -0.39 is 17.5 Å². The van der Waals surface area contributed by atoms with E-state index in [2.05, 4.69) is 15.3 Å². The van der Waals surface area contributed by atoms with E-state index in [0.717, 1.165) is 12.1 Å². The molecule has 1 amide bonds. The lowest BCUT2D eigenvalue weighted by molar-refractivity contribution is 0.102. The first kappa shape index (κ1) is 13.5. The Hall–Kier alpha value is -2.47. The molecule has 3 rings (SSSR count). The van der Waals surface area contributed by atoms with Gasteiger partial charge in [0.15, 0.2) is 0 Å². The zero-order chi connectivity index (χ0) is 15.0. The van der Waals surface area contributed by atoms with Crippen molar-refractivity contribution < 1.29 is 13.6 Å². The SMILES string of the molecule is O=C(Nc1ccc2nc(Cl)[nH]c2c1)c1ccc(F)cc1F. The molecule has 4 nitrogen and oxygen atoms in total. The number of hydrogen-bond donors (Lipinski definition) is 2. The van der Waals surface area contributed by atoms with Gasteiger partial charge in [0.25, 0.3) is 5.91 Å². The predicted molar refractivity (Wildman–Crippen MR) is 75.4 cm³/mol. The van der Waals surface area contributed by atoms with Gasteiger partial charge < -0.3 is 10.3 Å². The maximum Gasteiger partial charge on any atom is 0.258 e. The number of H-pyrrole nitrogens is 1. The molecule has 0 spiro atoms. The van der Waals surface area contributed by atoms with Crippen molar-refractivity contribution in [3.05, 3.63) is 58.9 Å². The van der Waals surface area contributed by atoms with Crippen LogP contribution in [0.5, 0.6) is 0 Å². The van der Waals surface area contributed by atoms with E-state index in [1.165, 1.54) is 0 Å². The lowest BCUT2D eigenvalue weighted by Crippen LogP contribution is -2.13. The minimum absolute atomic E-state index is 0.234. The molecule has 2 aromatic carbocycles. The van der Waals surface area contributed by atoms with Crippen LogP contribution in [0.3, 0.4) is 0 Å². The van der Waals surface area contributed by atoms with E-state index in [-0.39, 0.29) is 10.8 Å². The minimum Gasteiger partial charge on any atom is -0.329 e. The van der Waals surface area contributed by atoms with Crippen LogP contribution in [0.4, 0.5) is 14.5 Å². The molecule has 0 saturated carbocycles. The summed E-state index contributed by atoms with van der Waals surface area (Å²) < 4.78 is 26.3. The number of anilines is 1. The van der Waals surface area contributed by atoms with Crippen LogP contribution < -0.4 is 5.32 Å². The van der Waals surface area contributed by atoms with Gasteiger partial charge in [0.2, 0.25) is 5.28 Å². The highest BCUT2D eigenvalue weighted by atomic mass is 35.5. The molecule has 0 unspecified atom stereocenters. The van der Waals surface area contributed by atoms with Crippen molar-refractivity contribution in [3.63, 3.8) is 0 Å². The summed E-state index contributed by atoms with van der Waals surface area (Å²) in [4.78, 5) is 18.8. The van der Waals surface area contributed by atoms with E-state index in [0.29, 0.717) is 22.8 Å². The average Bonchev–Trinajstić information content (AvgIpc) is 2.77. The fourth-order valence-corrected chi connectivity index (χ4v) is 2.12. The van der Waals surface area contributed by atoms with E-state index in [9.17, 15) is 13.6 Å². The molecule has 0 aliphatic rings. The Bertz CT molecular complexity index is 847. The van der Waals surface area contributed by atoms with Crippen LogP contribution in [-0.2, 0) is 0 Å². The van der Waals surface area contributed by atoms with Gasteiger partial charge in [0.05, 0.1) is 16.6 Å². The Labute approximate surface area is 122 Å². The lowest BCUT2D eigenvalue weighted by Gasteiger charge is -2.06. The number of hydrogen-bond acceptors (Lipinski definition) is 2. The molecule has 0 radical (unpaired) electrons. The average molecular weight is 308 g/mol. The number of halogens is 3. The fraction of sp³-hybridized carbons (Fsp3) is 0. The number of amides is 1. The third kappa shape index (κ3) is 2.71. The zero-order valence-electron chi connectivity index (χ0n) is 10.5. The second-order valence-corrected chi connectivity index (χ2v) is 4.70. The largest absolute Gasteiger partial charge is 0.329 e. The molecule has 106 valence electrons. The maximum absolute atomic E-state index is 13.5. The normalized spacial score (nSPS) is 10.8. The number of carbonyl (C=O) groups excluding carboxylic acids is 1. The molecule has 0 atom stereocenters. The second-order valence-electron chi connectivity index (χ2n) is 4.34. The van der Waals surface area contributed by atoms with Gasteiger partial charge >= 0.3 is 0 Å². The van der Waals surface area contributed by atoms with Gasteiger partial charge in [-0.25, -0.2) is 13.8 Å². The monoisotopic (exact) mass is 307 g/mol. The standard InChI is InChI=1S/C14H8ClF2N3O/c15-14-19-11-4-2-8(6-12(11)20-14)18-13(21)9-3-1-7(16)5-10(9)17/h1-6H,(H,18,21)(H,19,20). The highest BCUT2D eigenvalue weighted by Crippen LogP contribution is 2.20. The smallest absolute Gasteiger partial charge is 0.258 e.